The van der Waals surface area contributed by atoms with E-state index in [-0.39, 0.29) is 0 Å². The van der Waals surface area contributed by atoms with Crippen molar-refractivity contribution in [2.45, 2.75) is 38.5 Å². The lowest BCUT2D eigenvalue weighted by Crippen LogP contribution is -1.77. The Morgan fingerprint density at radius 2 is 1.00 bits per heavy atom. The number of rotatable bonds is 0. The van der Waals surface area contributed by atoms with E-state index in [1.807, 2.05) is 0 Å². The fourth-order valence-electron chi connectivity index (χ4n) is 1.36. The van der Waals surface area contributed by atoms with Crippen LogP contribution in [0.4, 0.5) is 0 Å². The molecular weight excluding hydrogens is 144 g/mol. The minimum absolute atomic E-state index is 1.24. The Morgan fingerprint density at radius 3 is 1.50 bits per heavy atom. The van der Waals surface area contributed by atoms with Crippen molar-refractivity contribution in [3.63, 3.8) is 0 Å². The van der Waals surface area contributed by atoms with Crippen molar-refractivity contribution < 1.29 is 0 Å². The summed E-state index contributed by atoms with van der Waals surface area (Å²) in [4.78, 5) is 0. The molecule has 0 aromatic heterocycles. The fourth-order valence-corrected chi connectivity index (χ4v) is 1.36. The van der Waals surface area contributed by atoms with Crippen LogP contribution < -0.4 is 0 Å². The summed E-state index contributed by atoms with van der Waals surface area (Å²) in [6.07, 6.45) is 21.0. The van der Waals surface area contributed by atoms with Crippen molar-refractivity contribution in [3.8, 4) is 0 Å². The summed E-state index contributed by atoms with van der Waals surface area (Å²) in [7, 11) is 0. The van der Waals surface area contributed by atoms with Gasteiger partial charge in [-0.05, 0) is 25.7 Å². The molecule has 0 bridgehead atoms. The highest BCUT2D eigenvalue weighted by molar-refractivity contribution is 5.11. The quantitative estimate of drug-likeness (QED) is 0.505. The van der Waals surface area contributed by atoms with Gasteiger partial charge in [-0.15, -0.1) is 0 Å². The molecule has 0 saturated carbocycles. The first-order valence-corrected chi connectivity index (χ1v) is 4.98. The molecule has 0 aliphatic heterocycles. The van der Waals surface area contributed by atoms with Crippen LogP contribution in [0.3, 0.4) is 0 Å². The molecule has 0 aromatic rings. The summed E-state index contributed by atoms with van der Waals surface area (Å²) in [5.41, 5.74) is 0. The maximum absolute atomic E-state index is 2.26. The Bertz CT molecular complexity index is 152. The Morgan fingerprint density at radius 1 is 0.500 bits per heavy atom. The molecule has 0 fully saturated rings. The van der Waals surface area contributed by atoms with Crippen LogP contribution in [0, 0.1) is 0 Å². The van der Waals surface area contributed by atoms with Crippen molar-refractivity contribution in [3.05, 3.63) is 36.5 Å². The van der Waals surface area contributed by atoms with Crippen LogP contribution in [0.25, 0.3) is 0 Å². The molecule has 0 heterocycles. The fraction of sp³-hybridized carbons (Fsp3) is 0.500. The normalized spacial score (nSPS) is 28.0. The van der Waals surface area contributed by atoms with E-state index in [1.165, 1.54) is 38.5 Å². The van der Waals surface area contributed by atoms with Gasteiger partial charge in [-0.1, -0.05) is 49.3 Å². The Labute approximate surface area is 75.7 Å². The summed E-state index contributed by atoms with van der Waals surface area (Å²) in [5, 5.41) is 0. The monoisotopic (exact) mass is 162 g/mol. The van der Waals surface area contributed by atoms with Crippen molar-refractivity contribution in [2.24, 2.45) is 0 Å². The summed E-state index contributed by atoms with van der Waals surface area (Å²) in [6, 6.07) is 0. The summed E-state index contributed by atoms with van der Waals surface area (Å²) >= 11 is 0. The Balaban J connectivity index is 2.32. The van der Waals surface area contributed by atoms with E-state index in [9.17, 15) is 0 Å². The number of hydrogen-bond donors (Lipinski definition) is 0. The summed E-state index contributed by atoms with van der Waals surface area (Å²) in [5.74, 6) is 0. The average Bonchev–Trinajstić information content (AvgIpc) is 2.05. The van der Waals surface area contributed by atoms with Gasteiger partial charge >= 0.3 is 0 Å². The van der Waals surface area contributed by atoms with Crippen molar-refractivity contribution in [1.82, 2.24) is 0 Å². The third kappa shape index (κ3) is 4.95. The zero-order chi connectivity index (χ0) is 8.49. The first-order chi connectivity index (χ1) is 6.00. The first-order valence-electron chi connectivity index (χ1n) is 4.98. The molecule has 0 radical (unpaired) electrons. The second kappa shape index (κ2) is 6.90. The predicted molar refractivity (Wildman–Crippen MR) is 55.1 cm³/mol. The summed E-state index contributed by atoms with van der Waals surface area (Å²) < 4.78 is 0. The molecule has 1 rings (SSSR count). The van der Waals surface area contributed by atoms with Crippen LogP contribution in [0.15, 0.2) is 36.5 Å². The van der Waals surface area contributed by atoms with Gasteiger partial charge in [-0.25, -0.2) is 0 Å². The lowest BCUT2D eigenvalue weighted by atomic mass is 10.1. The van der Waals surface area contributed by atoms with Crippen molar-refractivity contribution in [2.75, 3.05) is 0 Å². The van der Waals surface area contributed by atoms with E-state index in [1.54, 1.807) is 0 Å². The van der Waals surface area contributed by atoms with Crippen LogP contribution in [0.5, 0.6) is 0 Å². The van der Waals surface area contributed by atoms with Crippen molar-refractivity contribution >= 4 is 0 Å². The molecule has 0 N–H and O–H groups in total. The second-order valence-electron chi connectivity index (χ2n) is 3.23. The van der Waals surface area contributed by atoms with E-state index >= 15 is 0 Å². The molecule has 1 aliphatic carbocycles. The molecule has 0 unspecified atom stereocenters. The third-order valence-corrected chi connectivity index (χ3v) is 2.10. The van der Waals surface area contributed by atoms with Crippen molar-refractivity contribution in [1.29, 1.82) is 0 Å². The van der Waals surface area contributed by atoms with Gasteiger partial charge < -0.3 is 0 Å². The zero-order valence-corrected chi connectivity index (χ0v) is 7.71. The van der Waals surface area contributed by atoms with Gasteiger partial charge in [0.2, 0.25) is 0 Å². The molecule has 0 heteroatoms. The minimum Gasteiger partial charge on any atom is -0.0845 e. The average molecular weight is 162 g/mol. The summed E-state index contributed by atoms with van der Waals surface area (Å²) in [6.45, 7) is 0. The molecule has 12 heavy (non-hydrogen) atoms. The highest BCUT2D eigenvalue weighted by Gasteiger charge is 1.87. The topological polar surface area (TPSA) is 0 Å². The molecule has 66 valence electrons. The molecule has 0 nitrogen and oxygen atoms in total. The van der Waals surface area contributed by atoms with Gasteiger partial charge in [0.25, 0.3) is 0 Å². The largest absolute Gasteiger partial charge is 0.0845 e. The van der Waals surface area contributed by atoms with Gasteiger partial charge in [-0.2, -0.15) is 0 Å². The standard InChI is InChI=1S/C12H18/c1-2-4-6-8-10-12-11-9-7-5-3-1/h1-6H,7-12H2/b2-1-,5-3-,6-4+. The minimum atomic E-state index is 1.24. The highest BCUT2D eigenvalue weighted by atomic mass is 13.9. The molecular formula is C12H18. The van der Waals surface area contributed by atoms with Crippen LogP contribution in [-0.2, 0) is 0 Å². The zero-order valence-electron chi connectivity index (χ0n) is 7.71. The van der Waals surface area contributed by atoms with Gasteiger partial charge in [0.1, 0.15) is 0 Å². The highest BCUT2D eigenvalue weighted by Crippen LogP contribution is 2.07. The van der Waals surface area contributed by atoms with Crippen LogP contribution >= 0.6 is 0 Å². The second-order valence-corrected chi connectivity index (χ2v) is 3.23. The van der Waals surface area contributed by atoms with Crippen LogP contribution in [-0.4, -0.2) is 0 Å². The van der Waals surface area contributed by atoms with Crippen LogP contribution in [0.1, 0.15) is 38.5 Å². The molecule has 0 amide bonds. The number of hydrogen-bond acceptors (Lipinski definition) is 0. The molecule has 0 saturated heterocycles. The predicted octanol–water partition coefficient (Wildman–Crippen LogP) is 4.01. The molecule has 0 aromatic carbocycles. The third-order valence-electron chi connectivity index (χ3n) is 2.10. The van der Waals surface area contributed by atoms with Gasteiger partial charge in [-0.3, -0.25) is 0 Å². The SMILES string of the molecule is C1=C\C=C\CCCCCC\C=C/1. The Hall–Kier alpha value is -0.780. The lowest BCUT2D eigenvalue weighted by molar-refractivity contribution is 0.652. The van der Waals surface area contributed by atoms with E-state index < -0.39 is 0 Å². The maximum atomic E-state index is 2.26. The van der Waals surface area contributed by atoms with Gasteiger partial charge in [0.15, 0.2) is 0 Å². The molecule has 1 aliphatic rings. The van der Waals surface area contributed by atoms with E-state index in [0.717, 1.165) is 0 Å². The van der Waals surface area contributed by atoms with E-state index in [0.29, 0.717) is 0 Å². The smallest absolute Gasteiger partial charge is 0.0348 e. The van der Waals surface area contributed by atoms with Crippen LogP contribution in [0.2, 0.25) is 0 Å². The maximum Gasteiger partial charge on any atom is -0.0348 e. The van der Waals surface area contributed by atoms with E-state index in [2.05, 4.69) is 36.5 Å². The Kier molecular flexibility index (Phi) is 5.35. The van der Waals surface area contributed by atoms with E-state index in [4.69, 9.17) is 0 Å². The first kappa shape index (κ1) is 9.31. The molecule has 0 spiro atoms. The lowest BCUT2D eigenvalue weighted by Gasteiger charge is -1.96. The number of allylic oxidation sites excluding steroid dienone is 6. The molecule has 0 atom stereocenters. The van der Waals surface area contributed by atoms with Gasteiger partial charge in [0.05, 0.1) is 0 Å². The van der Waals surface area contributed by atoms with Gasteiger partial charge in [0, 0.05) is 0 Å².